The van der Waals surface area contributed by atoms with Crippen molar-refractivity contribution >= 4 is 17.0 Å². The van der Waals surface area contributed by atoms with Gasteiger partial charge in [-0.2, -0.15) is 0 Å². The zero-order chi connectivity index (χ0) is 18.5. The lowest BCUT2D eigenvalue weighted by atomic mass is 10.2. The van der Waals surface area contributed by atoms with Crippen LogP contribution in [-0.2, 0) is 9.53 Å². The van der Waals surface area contributed by atoms with E-state index in [1.807, 2.05) is 49.4 Å². The Hall–Kier alpha value is -3.15. The fraction of sp³-hybridized carbons (Fsp3) is 0.250. The number of carbonyl (C=O) groups is 1. The highest BCUT2D eigenvalue weighted by Crippen LogP contribution is 2.24. The summed E-state index contributed by atoms with van der Waals surface area (Å²) in [4.78, 5) is 12.9. The van der Waals surface area contributed by atoms with E-state index in [1.54, 1.807) is 11.7 Å². The van der Waals surface area contributed by atoms with Gasteiger partial charge in [0.2, 0.25) is 0 Å². The van der Waals surface area contributed by atoms with Gasteiger partial charge < -0.3 is 9.47 Å². The lowest BCUT2D eigenvalue weighted by Crippen LogP contribution is -2.10. The number of esters is 1. The van der Waals surface area contributed by atoms with Gasteiger partial charge in [-0.05, 0) is 43.7 Å². The Labute approximate surface area is 152 Å². The number of hydrogen-bond donors (Lipinski definition) is 0. The van der Waals surface area contributed by atoms with Gasteiger partial charge in [0.15, 0.2) is 0 Å². The van der Waals surface area contributed by atoms with Crippen molar-refractivity contribution in [1.82, 2.24) is 15.0 Å². The monoisotopic (exact) mass is 351 g/mol. The standard InChI is InChI=1S/C20H21N3O3/c1-14(2)20(24)26-12-6-11-25-19-10-9-15(3)13-18(19)23-21-16-7-4-5-8-17(16)22-23/h4-5,7-10,13H,1,6,11-12H2,2-3H3. The van der Waals surface area contributed by atoms with Gasteiger partial charge in [-0.3, -0.25) is 0 Å². The van der Waals surface area contributed by atoms with Gasteiger partial charge in [0.25, 0.3) is 0 Å². The van der Waals surface area contributed by atoms with Crippen LogP contribution in [-0.4, -0.2) is 34.2 Å². The average Bonchev–Trinajstić information content (AvgIpc) is 3.06. The van der Waals surface area contributed by atoms with E-state index in [9.17, 15) is 4.79 Å². The highest BCUT2D eigenvalue weighted by Gasteiger charge is 2.11. The molecule has 0 saturated carbocycles. The number of aryl methyl sites for hydroxylation is 1. The summed E-state index contributed by atoms with van der Waals surface area (Å²) in [5.41, 5.74) is 3.91. The molecule has 0 bridgehead atoms. The van der Waals surface area contributed by atoms with Crippen LogP contribution in [0.1, 0.15) is 18.9 Å². The predicted molar refractivity (Wildman–Crippen MR) is 99.5 cm³/mol. The number of ether oxygens (including phenoxy) is 2. The third-order valence-corrected chi connectivity index (χ3v) is 3.74. The molecule has 26 heavy (non-hydrogen) atoms. The van der Waals surface area contributed by atoms with E-state index in [4.69, 9.17) is 9.47 Å². The molecule has 0 aliphatic rings. The maximum absolute atomic E-state index is 11.4. The Kier molecular flexibility index (Phi) is 5.31. The lowest BCUT2D eigenvalue weighted by molar-refractivity contribution is -0.139. The highest BCUT2D eigenvalue weighted by molar-refractivity contribution is 5.86. The van der Waals surface area contributed by atoms with Crippen molar-refractivity contribution in [3.05, 3.63) is 60.2 Å². The van der Waals surface area contributed by atoms with Gasteiger partial charge >= 0.3 is 5.97 Å². The van der Waals surface area contributed by atoms with Crippen molar-refractivity contribution in [2.75, 3.05) is 13.2 Å². The Morgan fingerprint density at radius 2 is 1.81 bits per heavy atom. The van der Waals surface area contributed by atoms with E-state index >= 15 is 0 Å². The van der Waals surface area contributed by atoms with Crippen molar-refractivity contribution in [3.8, 4) is 11.4 Å². The van der Waals surface area contributed by atoms with Crippen LogP contribution in [0.3, 0.4) is 0 Å². The van der Waals surface area contributed by atoms with Crippen LogP contribution in [0.15, 0.2) is 54.6 Å². The van der Waals surface area contributed by atoms with Crippen LogP contribution in [0.25, 0.3) is 16.7 Å². The van der Waals surface area contributed by atoms with Gasteiger partial charge in [-0.15, -0.1) is 15.0 Å². The van der Waals surface area contributed by atoms with Crippen LogP contribution in [0.2, 0.25) is 0 Å². The number of aromatic nitrogens is 3. The maximum Gasteiger partial charge on any atom is 0.333 e. The van der Waals surface area contributed by atoms with Crippen LogP contribution >= 0.6 is 0 Å². The molecule has 1 aromatic heterocycles. The van der Waals surface area contributed by atoms with Crippen molar-refractivity contribution < 1.29 is 14.3 Å². The number of fused-ring (bicyclic) bond motifs is 1. The van der Waals surface area contributed by atoms with Crippen LogP contribution in [0, 0.1) is 6.92 Å². The molecule has 3 aromatic rings. The summed E-state index contributed by atoms with van der Waals surface area (Å²) in [7, 11) is 0. The Bertz CT molecular complexity index is 913. The Morgan fingerprint density at radius 3 is 2.46 bits per heavy atom. The summed E-state index contributed by atoms with van der Waals surface area (Å²) in [6, 6.07) is 13.6. The highest BCUT2D eigenvalue weighted by atomic mass is 16.5. The molecule has 0 fully saturated rings. The molecule has 0 atom stereocenters. The molecule has 0 spiro atoms. The first-order chi connectivity index (χ1) is 12.5. The number of rotatable bonds is 7. The summed E-state index contributed by atoms with van der Waals surface area (Å²) in [5, 5.41) is 9.04. The fourth-order valence-corrected chi connectivity index (χ4v) is 2.40. The molecule has 2 aromatic carbocycles. The first-order valence-corrected chi connectivity index (χ1v) is 8.43. The van der Waals surface area contributed by atoms with Gasteiger partial charge in [0.05, 0.1) is 13.2 Å². The molecule has 0 N–H and O–H groups in total. The fourth-order valence-electron chi connectivity index (χ4n) is 2.40. The van der Waals surface area contributed by atoms with Crippen LogP contribution < -0.4 is 4.74 Å². The van der Waals surface area contributed by atoms with Crippen molar-refractivity contribution in [1.29, 1.82) is 0 Å². The van der Waals surface area contributed by atoms with Crippen LogP contribution in [0.5, 0.6) is 5.75 Å². The van der Waals surface area contributed by atoms with Gasteiger partial charge in [0, 0.05) is 12.0 Å². The summed E-state index contributed by atoms with van der Waals surface area (Å²) in [5.74, 6) is 0.301. The molecular weight excluding hydrogens is 330 g/mol. The van der Waals surface area contributed by atoms with E-state index in [0.717, 1.165) is 22.3 Å². The molecule has 6 nitrogen and oxygen atoms in total. The normalized spacial score (nSPS) is 10.7. The van der Waals surface area contributed by atoms with E-state index in [1.165, 1.54) is 0 Å². The number of benzene rings is 2. The average molecular weight is 351 g/mol. The Morgan fingerprint density at radius 1 is 1.12 bits per heavy atom. The topological polar surface area (TPSA) is 66.2 Å². The molecule has 3 rings (SSSR count). The molecule has 0 aliphatic carbocycles. The number of hydrogen-bond acceptors (Lipinski definition) is 5. The summed E-state index contributed by atoms with van der Waals surface area (Å²) in [6.45, 7) is 7.89. The molecule has 0 saturated heterocycles. The summed E-state index contributed by atoms with van der Waals surface area (Å²) in [6.07, 6.45) is 0.584. The first-order valence-electron chi connectivity index (χ1n) is 8.43. The number of carbonyl (C=O) groups excluding carboxylic acids is 1. The molecule has 1 heterocycles. The van der Waals surface area contributed by atoms with Gasteiger partial charge in [-0.25, -0.2) is 4.79 Å². The van der Waals surface area contributed by atoms with E-state index in [-0.39, 0.29) is 12.6 Å². The van der Waals surface area contributed by atoms with Gasteiger partial charge in [-0.1, -0.05) is 24.8 Å². The summed E-state index contributed by atoms with van der Waals surface area (Å²) < 4.78 is 10.9. The van der Waals surface area contributed by atoms with Crippen LogP contribution in [0.4, 0.5) is 0 Å². The lowest BCUT2D eigenvalue weighted by Gasteiger charge is -2.11. The number of nitrogens with zero attached hydrogens (tertiary/aromatic N) is 3. The van der Waals surface area contributed by atoms with Gasteiger partial charge in [0.1, 0.15) is 22.5 Å². The zero-order valence-corrected chi connectivity index (χ0v) is 14.9. The minimum atomic E-state index is -0.381. The molecule has 0 aliphatic heterocycles. The predicted octanol–water partition coefficient (Wildman–Crippen LogP) is 3.62. The first kappa shape index (κ1) is 17.7. The molecule has 0 unspecified atom stereocenters. The molecule has 0 radical (unpaired) electrons. The second kappa shape index (κ2) is 7.82. The third-order valence-electron chi connectivity index (χ3n) is 3.74. The smallest absolute Gasteiger partial charge is 0.333 e. The molecule has 134 valence electrons. The van der Waals surface area contributed by atoms with Crippen molar-refractivity contribution in [2.24, 2.45) is 0 Å². The minimum Gasteiger partial charge on any atom is -0.491 e. The van der Waals surface area contributed by atoms with Crippen molar-refractivity contribution in [2.45, 2.75) is 20.3 Å². The Balaban J connectivity index is 1.70. The third kappa shape index (κ3) is 4.08. The SMILES string of the molecule is C=C(C)C(=O)OCCCOc1ccc(C)cc1-n1nc2ccccc2n1. The molecule has 6 heteroatoms. The van der Waals surface area contributed by atoms with E-state index < -0.39 is 0 Å². The van der Waals surface area contributed by atoms with E-state index in [2.05, 4.69) is 16.8 Å². The van der Waals surface area contributed by atoms with E-state index in [0.29, 0.717) is 24.4 Å². The quantitative estimate of drug-likeness (QED) is 0.369. The minimum absolute atomic E-state index is 0.288. The molecule has 0 amide bonds. The maximum atomic E-state index is 11.4. The largest absolute Gasteiger partial charge is 0.491 e. The second-order valence-corrected chi connectivity index (χ2v) is 6.07. The van der Waals surface area contributed by atoms with Crippen molar-refractivity contribution in [3.63, 3.8) is 0 Å². The molecular formula is C20H21N3O3. The summed E-state index contributed by atoms with van der Waals surface area (Å²) >= 11 is 0. The second-order valence-electron chi connectivity index (χ2n) is 6.07. The zero-order valence-electron chi connectivity index (χ0n) is 14.9.